The zero-order chi connectivity index (χ0) is 6.41. The Labute approximate surface area is 48.9 Å². The van der Waals surface area contributed by atoms with Gasteiger partial charge in [0.15, 0.2) is 0 Å². The number of halogens is 1. The average molecular weight is 121 g/mol. The minimum absolute atomic E-state index is 0.108. The molecule has 0 fully saturated rings. The molecule has 0 atom stereocenters. The number of nitrogens with zero attached hydrogens (tertiary/aromatic N) is 1. The topological polar surface area (TPSA) is 23.5 Å². The maximum Gasteiger partial charge on any atom is 0.102 e. The maximum atomic E-state index is 11.4. The van der Waals surface area contributed by atoms with E-state index in [0.29, 0.717) is 13.1 Å². The molecule has 0 aromatic carbocycles. The van der Waals surface area contributed by atoms with E-state index in [-0.39, 0.29) is 13.3 Å². The molecule has 0 saturated heterocycles. The van der Waals surface area contributed by atoms with Gasteiger partial charge in [-0.1, -0.05) is 0 Å². The highest BCUT2D eigenvalue weighted by Crippen LogP contribution is 1.79. The van der Waals surface area contributed by atoms with Gasteiger partial charge in [0.25, 0.3) is 0 Å². The zero-order valence-corrected chi connectivity index (χ0v) is 5.10. The molecular formula is C5H12FNO. The maximum absolute atomic E-state index is 11.4. The van der Waals surface area contributed by atoms with Gasteiger partial charge in [-0.05, 0) is 7.05 Å². The Morgan fingerprint density at radius 3 is 2.50 bits per heavy atom. The summed E-state index contributed by atoms with van der Waals surface area (Å²) in [7, 11) is 1.77. The Morgan fingerprint density at radius 1 is 1.50 bits per heavy atom. The molecule has 0 unspecified atom stereocenters. The van der Waals surface area contributed by atoms with Crippen molar-refractivity contribution in [2.45, 2.75) is 0 Å². The molecule has 0 bridgehead atoms. The number of aliphatic hydroxyl groups excluding tert-OH is 1. The number of likely N-dealkylation sites (N-methyl/N-ethyl adjacent to an activating group) is 1. The highest BCUT2D eigenvalue weighted by atomic mass is 19.1. The van der Waals surface area contributed by atoms with E-state index in [1.165, 1.54) is 0 Å². The van der Waals surface area contributed by atoms with Gasteiger partial charge in [-0.2, -0.15) is 0 Å². The van der Waals surface area contributed by atoms with Crippen LogP contribution >= 0.6 is 0 Å². The van der Waals surface area contributed by atoms with E-state index < -0.39 is 0 Å². The van der Waals surface area contributed by atoms with Gasteiger partial charge in [0, 0.05) is 13.1 Å². The number of rotatable bonds is 4. The van der Waals surface area contributed by atoms with Crippen LogP contribution in [0.15, 0.2) is 0 Å². The highest BCUT2D eigenvalue weighted by molar-refractivity contribution is 4.45. The molecule has 0 aliphatic carbocycles. The van der Waals surface area contributed by atoms with Crippen LogP contribution in [0.3, 0.4) is 0 Å². The zero-order valence-electron chi connectivity index (χ0n) is 5.10. The second kappa shape index (κ2) is 5.00. The van der Waals surface area contributed by atoms with E-state index in [4.69, 9.17) is 5.11 Å². The van der Waals surface area contributed by atoms with Crippen LogP contribution < -0.4 is 0 Å². The van der Waals surface area contributed by atoms with Gasteiger partial charge in [-0.3, -0.25) is 0 Å². The van der Waals surface area contributed by atoms with Gasteiger partial charge in [0.05, 0.1) is 6.61 Å². The summed E-state index contributed by atoms with van der Waals surface area (Å²) in [5.74, 6) is 0. The fraction of sp³-hybridized carbons (Fsp3) is 1.00. The van der Waals surface area contributed by atoms with Gasteiger partial charge in [-0.25, -0.2) is 4.39 Å². The number of aliphatic hydroxyl groups is 1. The number of hydrogen-bond acceptors (Lipinski definition) is 2. The molecule has 0 radical (unpaired) electrons. The van der Waals surface area contributed by atoms with Crippen molar-refractivity contribution in [2.75, 3.05) is 33.4 Å². The number of alkyl halides is 1. The molecule has 8 heavy (non-hydrogen) atoms. The van der Waals surface area contributed by atoms with Crippen LogP contribution in [-0.2, 0) is 0 Å². The summed E-state index contributed by atoms with van der Waals surface area (Å²) in [6, 6.07) is 0. The fourth-order valence-corrected chi connectivity index (χ4v) is 0.427. The minimum Gasteiger partial charge on any atom is -0.395 e. The molecule has 1 N–H and O–H groups in total. The molecule has 50 valence electrons. The average Bonchev–Trinajstić information content (AvgIpc) is 1.68. The van der Waals surface area contributed by atoms with Crippen LogP contribution in [-0.4, -0.2) is 43.4 Å². The summed E-state index contributed by atoms with van der Waals surface area (Å²) in [6.07, 6.45) is 0. The van der Waals surface area contributed by atoms with Crippen molar-refractivity contribution in [2.24, 2.45) is 0 Å². The predicted octanol–water partition coefficient (Wildman–Crippen LogP) is -0.120. The van der Waals surface area contributed by atoms with Crippen LogP contribution in [0.1, 0.15) is 0 Å². The smallest absolute Gasteiger partial charge is 0.102 e. The normalized spacial score (nSPS) is 10.5. The third kappa shape index (κ3) is 4.02. The van der Waals surface area contributed by atoms with E-state index in [1.54, 1.807) is 11.9 Å². The molecule has 0 aliphatic heterocycles. The van der Waals surface area contributed by atoms with E-state index >= 15 is 0 Å². The molecule has 0 spiro atoms. The van der Waals surface area contributed by atoms with Crippen LogP contribution in [0, 0.1) is 0 Å². The third-order valence-electron chi connectivity index (χ3n) is 0.948. The SMILES string of the molecule is CN(CCO)CC[19F]. The fourth-order valence-electron chi connectivity index (χ4n) is 0.427. The van der Waals surface area contributed by atoms with E-state index in [0.717, 1.165) is 0 Å². The third-order valence-corrected chi connectivity index (χ3v) is 0.948. The summed E-state index contributed by atoms with van der Waals surface area (Å²) in [6.45, 7) is 0.747. The monoisotopic (exact) mass is 121 g/mol. The second-order valence-corrected chi connectivity index (χ2v) is 1.72. The largest absolute Gasteiger partial charge is 0.395 e. The van der Waals surface area contributed by atoms with E-state index in [1.807, 2.05) is 0 Å². The molecule has 0 saturated carbocycles. The van der Waals surface area contributed by atoms with Gasteiger partial charge in [-0.15, -0.1) is 0 Å². The van der Waals surface area contributed by atoms with Crippen LogP contribution in [0.5, 0.6) is 0 Å². The summed E-state index contributed by atoms with van der Waals surface area (Å²) >= 11 is 0. The van der Waals surface area contributed by atoms with Gasteiger partial charge < -0.3 is 10.0 Å². The summed E-state index contributed by atoms with van der Waals surface area (Å²) in [5, 5.41) is 8.30. The van der Waals surface area contributed by atoms with E-state index in [9.17, 15) is 4.39 Å². The van der Waals surface area contributed by atoms with Gasteiger partial charge in [0.1, 0.15) is 6.67 Å². The van der Waals surface area contributed by atoms with Crippen molar-refractivity contribution in [3.05, 3.63) is 0 Å². The lowest BCUT2D eigenvalue weighted by Gasteiger charge is -2.10. The Balaban J connectivity index is 2.92. The molecule has 0 heterocycles. The summed E-state index contributed by atoms with van der Waals surface area (Å²) < 4.78 is 11.4. The van der Waals surface area contributed by atoms with Crippen LogP contribution in [0.25, 0.3) is 0 Å². The molecule has 0 aliphatic rings. The standard InChI is InChI=1S/C5H12FNO/c1-7(3-2-6)4-5-8/h8H,2-5H2,1H3/i6+0. The summed E-state index contributed by atoms with van der Waals surface area (Å²) in [5.41, 5.74) is 0. The van der Waals surface area contributed by atoms with Crippen molar-refractivity contribution >= 4 is 0 Å². The Morgan fingerprint density at radius 2 is 2.12 bits per heavy atom. The van der Waals surface area contributed by atoms with Gasteiger partial charge in [0.2, 0.25) is 0 Å². The van der Waals surface area contributed by atoms with Gasteiger partial charge >= 0.3 is 0 Å². The molecule has 0 rings (SSSR count). The van der Waals surface area contributed by atoms with E-state index in [2.05, 4.69) is 0 Å². The number of hydrogen-bond donors (Lipinski definition) is 1. The molecule has 3 heteroatoms. The first-order chi connectivity index (χ1) is 3.81. The Kier molecular flexibility index (Phi) is 4.90. The van der Waals surface area contributed by atoms with Crippen molar-refractivity contribution < 1.29 is 9.50 Å². The van der Waals surface area contributed by atoms with Crippen molar-refractivity contribution in [1.29, 1.82) is 0 Å². The van der Waals surface area contributed by atoms with Crippen molar-refractivity contribution in [3.63, 3.8) is 0 Å². The first kappa shape index (κ1) is 7.85. The minimum atomic E-state index is -0.337. The first-order valence-electron chi connectivity index (χ1n) is 2.66. The van der Waals surface area contributed by atoms with Crippen molar-refractivity contribution in [1.82, 2.24) is 4.90 Å². The first-order valence-corrected chi connectivity index (χ1v) is 2.66. The van der Waals surface area contributed by atoms with Crippen LogP contribution in [0.4, 0.5) is 4.39 Å². The second-order valence-electron chi connectivity index (χ2n) is 1.72. The lowest BCUT2D eigenvalue weighted by atomic mass is 10.5. The molecule has 2 nitrogen and oxygen atoms in total. The molecular weight excluding hydrogens is 109 g/mol. The quantitative estimate of drug-likeness (QED) is 0.560. The van der Waals surface area contributed by atoms with Crippen molar-refractivity contribution in [3.8, 4) is 0 Å². The predicted molar refractivity (Wildman–Crippen MR) is 30.6 cm³/mol. The lowest BCUT2D eigenvalue weighted by Crippen LogP contribution is -2.24. The molecule has 0 aromatic heterocycles. The molecule has 0 aromatic rings. The summed E-state index contributed by atoms with van der Waals surface area (Å²) in [4.78, 5) is 1.74. The Bertz CT molecular complexity index is 45.7. The highest BCUT2D eigenvalue weighted by Gasteiger charge is 1.92. The lowest BCUT2D eigenvalue weighted by molar-refractivity contribution is 0.212. The van der Waals surface area contributed by atoms with Crippen LogP contribution in [0.2, 0.25) is 0 Å². The molecule has 0 amide bonds. The Hall–Kier alpha value is -0.150.